The minimum absolute atomic E-state index is 0. The highest BCUT2D eigenvalue weighted by Crippen LogP contribution is 2.19. The third-order valence-electron chi connectivity index (χ3n) is 3.20. The Balaban J connectivity index is 0.00000147. The molecule has 6 heteroatoms. The van der Waals surface area contributed by atoms with E-state index in [-0.39, 0.29) is 24.1 Å². The van der Waals surface area contributed by atoms with Gasteiger partial charge in [0.15, 0.2) is 0 Å². The normalized spacial score (nSPS) is 13.2. The summed E-state index contributed by atoms with van der Waals surface area (Å²) in [6.45, 7) is 3.64. The predicted octanol–water partition coefficient (Wildman–Crippen LogP) is 2.30. The number of halogens is 1. The van der Waals surface area contributed by atoms with Gasteiger partial charge in [0.2, 0.25) is 5.76 Å². The van der Waals surface area contributed by atoms with Crippen LogP contribution in [0, 0.1) is 6.92 Å². The average molecular weight is 294 g/mol. The van der Waals surface area contributed by atoms with Crippen molar-refractivity contribution in [2.24, 2.45) is 0 Å². The van der Waals surface area contributed by atoms with Crippen molar-refractivity contribution in [1.29, 1.82) is 0 Å². The molecule has 1 aromatic carbocycles. The van der Waals surface area contributed by atoms with Crippen molar-refractivity contribution in [3.05, 3.63) is 46.8 Å². The van der Waals surface area contributed by atoms with Crippen LogP contribution in [0.2, 0.25) is 0 Å². The average Bonchev–Trinajstić information content (AvgIpc) is 2.85. The van der Waals surface area contributed by atoms with Gasteiger partial charge in [-0.25, -0.2) is 0 Å². The molecule has 0 saturated heterocycles. The molecule has 1 aliphatic heterocycles. The van der Waals surface area contributed by atoms with Crippen LogP contribution >= 0.6 is 12.4 Å². The summed E-state index contributed by atoms with van der Waals surface area (Å²) < 4.78 is 4.94. The van der Waals surface area contributed by atoms with E-state index in [1.54, 1.807) is 13.0 Å². The summed E-state index contributed by atoms with van der Waals surface area (Å²) in [6, 6.07) is 7.61. The van der Waals surface area contributed by atoms with Crippen molar-refractivity contribution in [3.8, 4) is 0 Å². The van der Waals surface area contributed by atoms with Crippen molar-refractivity contribution in [2.75, 3.05) is 11.9 Å². The monoisotopic (exact) mass is 293 g/mol. The van der Waals surface area contributed by atoms with Gasteiger partial charge in [-0.1, -0.05) is 11.2 Å². The summed E-state index contributed by atoms with van der Waals surface area (Å²) in [5.74, 6) is -0.0438. The summed E-state index contributed by atoms with van der Waals surface area (Å²) in [5, 5.41) is 9.84. The molecule has 0 fully saturated rings. The SMILES string of the molecule is Cc1cc(C(=O)Nc2ccc3c(c2)CNCC3)on1.Cl. The van der Waals surface area contributed by atoms with E-state index in [0.29, 0.717) is 5.69 Å². The Morgan fingerprint density at radius 3 is 2.95 bits per heavy atom. The van der Waals surface area contributed by atoms with E-state index in [1.807, 2.05) is 12.1 Å². The number of aryl methyl sites for hydroxylation is 1. The lowest BCUT2D eigenvalue weighted by molar-refractivity contribution is 0.0988. The topological polar surface area (TPSA) is 67.2 Å². The highest BCUT2D eigenvalue weighted by Gasteiger charge is 2.13. The smallest absolute Gasteiger partial charge is 0.294 e. The van der Waals surface area contributed by atoms with Gasteiger partial charge in [0.05, 0.1) is 5.69 Å². The van der Waals surface area contributed by atoms with Crippen LogP contribution < -0.4 is 10.6 Å². The van der Waals surface area contributed by atoms with Crippen LogP contribution in [-0.4, -0.2) is 17.6 Å². The lowest BCUT2D eigenvalue weighted by Crippen LogP contribution is -2.23. The maximum atomic E-state index is 11.9. The molecular weight excluding hydrogens is 278 g/mol. The largest absolute Gasteiger partial charge is 0.351 e. The van der Waals surface area contributed by atoms with Gasteiger partial charge in [0, 0.05) is 18.3 Å². The zero-order valence-corrected chi connectivity index (χ0v) is 11.9. The molecule has 2 heterocycles. The Bertz CT molecular complexity index is 625. The zero-order chi connectivity index (χ0) is 13.2. The predicted molar refractivity (Wildman–Crippen MR) is 78.3 cm³/mol. The summed E-state index contributed by atoms with van der Waals surface area (Å²) in [4.78, 5) is 11.9. The molecule has 0 aliphatic carbocycles. The molecule has 0 atom stereocenters. The molecule has 1 aliphatic rings. The molecular formula is C14H16ClN3O2. The van der Waals surface area contributed by atoms with Crippen LogP contribution in [0.5, 0.6) is 0 Å². The third kappa shape index (κ3) is 3.00. The number of benzene rings is 1. The summed E-state index contributed by atoms with van der Waals surface area (Å²) in [7, 11) is 0. The molecule has 0 radical (unpaired) electrons. The van der Waals surface area contributed by atoms with E-state index in [4.69, 9.17) is 4.52 Å². The quantitative estimate of drug-likeness (QED) is 0.891. The van der Waals surface area contributed by atoms with Crippen LogP contribution in [-0.2, 0) is 13.0 Å². The van der Waals surface area contributed by atoms with Crippen LogP contribution in [0.1, 0.15) is 27.4 Å². The fourth-order valence-electron chi connectivity index (χ4n) is 2.22. The molecule has 2 N–H and O–H groups in total. The first-order valence-electron chi connectivity index (χ1n) is 6.29. The van der Waals surface area contributed by atoms with Gasteiger partial charge in [-0.05, 0) is 43.1 Å². The van der Waals surface area contributed by atoms with E-state index in [0.717, 1.165) is 25.2 Å². The van der Waals surface area contributed by atoms with E-state index in [1.165, 1.54) is 11.1 Å². The van der Waals surface area contributed by atoms with E-state index >= 15 is 0 Å². The first-order chi connectivity index (χ1) is 9.22. The number of rotatable bonds is 2. The zero-order valence-electron chi connectivity index (χ0n) is 11.1. The van der Waals surface area contributed by atoms with Gasteiger partial charge >= 0.3 is 0 Å². The second kappa shape index (κ2) is 6.07. The molecule has 0 spiro atoms. The fourth-order valence-corrected chi connectivity index (χ4v) is 2.22. The Labute approximate surface area is 123 Å². The Morgan fingerprint density at radius 2 is 2.20 bits per heavy atom. The number of carbonyl (C=O) groups excluding carboxylic acids is 1. The number of carbonyl (C=O) groups is 1. The van der Waals surface area contributed by atoms with Gasteiger partial charge in [0.1, 0.15) is 0 Å². The Kier molecular flexibility index (Phi) is 4.42. The molecule has 0 unspecified atom stereocenters. The summed E-state index contributed by atoms with van der Waals surface area (Å²) >= 11 is 0. The highest BCUT2D eigenvalue weighted by molar-refractivity contribution is 6.02. The second-order valence-electron chi connectivity index (χ2n) is 4.70. The number of amides is 1. The number of fused-ring (bicyclic) bond motifs is 1. The minimum atomic E-state index is -0.274. The van der Waals surface area contributed by atoms with Crippen molar-refractivity contribution in [3.63, 3.8) is 0 Å². The van der Waals surface area contributed by atoms with Gasteiger partial charge < -0.3 is 15.2 Å². The highest BCUT2D eigenvalue weighted by atomic mass is 35.5. The van der Waals surface area contributed by atoms with Crippen LogP contribution in [0.25, 0.3) is 0 Å². The van der Waals surface area contributed by atoms with Crippen LogP contribution in [0.15, 0.2) is 28.8 Å². The third-order valence-corrected chi connectivity index (χ3v) is 3.20. The lowest BCUT2D eigenvalue weighted by Gasteiger charge is -2.17. The van der Waals surface area contributed by atoms with Gasteiger partial charge in [-0.3, -0.25) is 4.79 Å². The molecule has 0 bridgehead atoms. The van der Waals surface area contributed by atoms with Crippen molar-refractivity contribution >= 4 is 24.0 Å². The maximum absolute atomic E-state index is 11.9. The van der Waals surface area contributed by atoms with Gasteiger partial charge in [-0.15, -0.1) is 12.4 Å². The lowest BCUT2D eigenvalue weighted by atomic mass is 10.0. The molecule has 0 saturated carbocycles. The molecule has 2 aromatic rings. The number of hydrogen-bond donors (Lipinski definition) is 2. The number of nitrogens with zero attached hydrogens (tertiary/aromatic N) is 1. The standard InChI is InChI=1S/C14H15N3O2.ClH/c1-9-6-13(19-17-9)14(18)16-12-3-2-10-4-5-15-8-11(10)7-12;/h2-3,6-7,15H,4-5,8H2,1H3,(H,16,18);1H. The Morgan fingerprint density at radius 1 is 1.35 bits per heavy atom. The number of hydrogen-bond acceptors (Lipinski definition) is 4. The first-order valence-corrected chi connectivity index (χ1v) is 6.29. The Hall–Kier alpha value is -1.85. The molecule has 3 rings (SSSR count). The van der Waals surface area contributed by atoms with Gasteiger partial charge in [-0.2, -0.15) is 0 Å². The number of anilines is 1. The van der Waals surface area contributed by atoms with Crippen molar-refractivity contribution in [2.45, 2.75) is 19.9 Å². The van der Waals surface area contributed by atoms with Crippen molar-refractivity contribution in [1.82, 2.24) is 10.5 Å². The van der Waals surface area contributed by atoms with Crippen LogP contribution in [0.3, 0.4) is 0 Å². The molecule has 1 amide bonds. The summed E-state index contributed by atoms with van der Waals surface area (Å²) in [5.41, 5.74) is 4.05. The molecule has 1 aromatic heterocycles. The van der Waals surface area contributed by atoms with E-state index in [2.05, 4.69) is 21.9 Å². The minimum Gasteiger partial charge on any atom is -0.351 e. The fraction of sp³-hybridized carbons (Fsp3) is 0.286. The first kappa shape index (κ1) is 14.6. The van der Waals surface area contributed by atoms with Crippen LogP contribution in [0.4, 0.5) is 5.69 Å². The maximum Gasteiger partial charge on any atom is 0.294 e. The molecule has 20 heavy (non-hydrogen) atoms. The number of nitrogens with one attached hydrogen (secondary N) is 2. The number of aromatic nitrogens is 1. The summed E-state index contributed by atoms with van der Waals surface area (Å²) in [6.07, 6.45) is 1.03. The van der Waals surface area contributed by atoms with Crippen molar-refractivity contribution < 1.29 is 9.32 Å². The molecule has 5 nitrogen and oxygen atoms in total. The van der Waals surface area contributed by atoms with E-state index in [9.17, 15) is 4.79 Å². The second-order valence-corrected chi connectivity index (χ2v) is 4.70. The van der Waals surface area contributed by atoms with Gasteiger partial charge in [0.25, 0.3) is 5.91 Å². The molecule has 106 valence electrons. The van der Waals surface area contributed by atoms with E-state index < -0.39 is 0 Å².